The molecule has 0 aromatic heterocycles. The Labute approximate surface area is 152 Å². The molecule has 0 radical (unpaired) electrons. The quantitative estimate of drug-likeness (QED) is 0.502. The summed E-state index contributed by atoms with van der Waals surface area (Å²) < 4.78 is 54.5. The second kappa shape index (κ2) is 9.23. The second-order valence-electron chi connectivity index (χ2n) is 6.43. The summed E-state index contributed by atoms with van der Waals surface area (Å²) in [5.41, 5.74) is 0. The molecule has 1 aromatic rings. The molecule has 144 valence electrons. The molecule has 2 N–H and O–H groups in total. The lowest BCUT2D eigenvalue weighted by atomic mass is 9.98. The maximum atomic E-state index is 14.2. The van der Waals surface area contributed by atoms with Crippen molar-refractivity contribution < 1.29 is 27.1 Å². The van der Waals surface area contributed by atoms with Crippen molar-refractivity contribution in [3.8, 4) is 0 Å². The first-order valence-corrected chi connectivity index (χ1v) is 10.1. The van der Waals surface area contributed by atoms with Gasteiger partial charge in [-0.1, -0.05) is 12.2 Å². The minimum atomic E-state index is -3.84. The van der Waals surface area contributed by atoms with E-state index in [1.54, 1.807) is 12.2 Å². The molecule has 8 heteroatoms. The minimum Gasteiger partial charge on any atom is -0.481 e. The highest BCUT2D eigenvalue weighted by Gasteiger charge is 2.37. The van der Waals surface area contributed by atoms with Crippen molar-refractivity contribution in [2.75, 3.05) is 0 Å². The standard InChI is InChI=1S/C18H23F2NO4S/c19-13-7-9-14(10-8-13)26(24,25)21-17-12-11-16(20)15(17)5-3-1-2-4-6-18(22)23/h1,3,7-10,15-17,21H,2,4-6,11-12H2,(H,22,23)/b3-1-/t15-,16+,17-/m0/s1. The zero-order chi connectivity index (χ0) is 19.2. The fourth-order valence-corrected chi connectivity index (χ4v) is 4.42. The zero-order valence-electron chi connectivity index (χ0n) is 14.3. The molecule has 2 rings (SSSR count). The predicted octanol–water partition coefficient (Wildman–Crippen LogP) is 3.42. The van der Waals surface area contributed by atoms with E-state index >= 15 is 0 Å². The molecule has 26 heavy (non-hydrogen) atoms. The van der Waals surface area contributed by atoms with Crippen molar-refractivity contribution in [3.63, 3.8) is 0 Å². The number of carboxylic acid groups (broad SMARTS) is 1. The topological polar surface area (TPSA) is 83.5 Å². The van der Waals surface area contributed by atoms with Gasteiger partial charge in [0, 0.05) is 18.4 Å². The zero-order valence-corrected chi connectivity index (χ0v) is 15.1. The molecule has 1 aliphatic carbocycles. The summed E-state index contributed by atoms with van der Waals surface area (Å²) in [4.78, 5) is 10.4. The molecule has 0 unspecified atom stereocenters. The molecule has 1 aromatic carbocycles. The third kappa shape index (κ3) is 5.88. The van der Waals surface area contributed by atoms with Crippen LogP contribution in [0.1, 0.15) is 38.5 Å². The molecule has 1 aliphatic rings. The largest absolute Gasteiger partial charge is 0.481 e. The van der Waals surface area contributed by atoms with Crippen LogP contribution in [-0.4, -0.2) is 31.7 Å². The van der Waals surface area contributed by atoms with Crippen LogP contribution in [0.5, 0.6) is 0 Å². The van der Waals surface area contributed by atoms with Gasteiger partial charge in [-0.3, -0.25) is 4.79 Å². The van der Waals surface area contributed by atoms with Gasteiger partial charge in [0.25, 0.3) is 0 Å². The Morgan fingerprint density at radius 1 is 1.23 bits per heavy atom. The lowest BCUT2D eigenvalue weighted by Crippen LogP contribution is -2.38. The van der Waals surface area contributed by atoms with Gasteiger partial charge in [0.05, 0.1) is 4.90 Å². The molecule has 0 spiro atoms. The van der Waals surface area contributed by atoms with E-state index in [0.29, 0.717) is 25.7 Å². The van der Waals surface area contributed by atoms with E-state index < -0.39 is 39.9 Å². The molecule has 5 nitrogen and oxygen atoms in total. The first kappa shape index (κ1) is 20.5. The van der Waals surface area contributed by atoms with E-state index in [9.17, 15) is 22.0 Å². The van der Waals surface area contributed by atoms with Crippen LogP contribution in [0.4, 0.5) is 8.78 Å². The summed E-state index contributed by atoms with van der Waals surface area (Å²) in [6.45, 7) is 0. The summed E-state index contributed by atoms with van der Waals surface area (Å²) in [5.74, 6) is -1.85. The lowest BCUT2D eigenvalue weighted by Gasteiger charge is -2.21. The Balaban J connectivity index is 1.94. The molecular formula is C18H23F2NO4S. The van der Waals surface area contributed by atoms with Crippen molar-refractivity contribution in [3.05, 3.63) is 42.2 Å². The third-order valence-electron chi connectivity index (χ3n) is 4.50. The number of carbonyl (C=O) groups is 1. The van der Waals surface area contributed by atoms with Gasteiger partial charge >= 0.3 is 5.97 Å². The van der Waals surface area contributed by atoms with E-state index in [0.717, 1.165) is 12.1 Å². The third-order valence-corrected chi connectivity index (χ3v) is 6.01. The number of halogens is 2. The summed E-state index contributed by atoms with van der Waals surface area (Å²) in [7, 11) is -3.84. The summed E-state index contributed by atoms with van der Waals surface area (Å²) in [6, 6.07) is 3.97. The first-order chi connectivity index (χ1) is 12.3. The van der Waals surface area contributed by atoms with Crippen LogP contribution in [0.3, 0.4) is 0 Å². The molecule has 0 bridgehead atoms. The Morgan fingerprint density at radius 3 is 2.58 bits per heavy atom. The number of hydrogen-bond donors (Lipinski definition) is 2. The monoisotopic (exact) mass is 387 g/mol. The van der Waals surface area contributed by atoms with Crippen molar-refractivity contribution in [1.82, 2.24) is 4.72 Å². The van der Waals surface area contributed by atoms with Crippen molar-refractivity contribution in [2.24, 2.45) is 5.92 Å². The fourth-order valence-electron chi connectivity index (χ4n) is 3.10. The molecule has 1 saturated carbocycles. The van der Waals surface area contributed by atoms with Crippen LogP contribution in [-0.2, 0) is 14.8 Å². The SMILES string of the molecule is O=C(O)CCC/C=C\C[C@H]1[C@H](F)CC[C@@H]1NS(=O)(=O)c1ccc(F)cc1. The number of sulfonamides is 1. The Hall–Kier alpha value is -1.80. The van der Waals surface area contributed by atoms with Gasteiger partial charge in [0.15, 0.2) is 0 Å². The highest BCUT2D eigenvalue weighted by molar-refractivity contribution is 7.89. The second-order valence-corrected chi connectivity index (χ2v) is 8.15. The predicted molar refractivity (Wildman–Crippen MR) is 93.4 cm³/mol. The van der Waals surface area contributed by atoms with E-state index in [4.69, 9.17) is 5.11 Å². The van der Waals surface area contributed by atoms with Gasteiger partial charge in [-0.15, -0.1) is 0 Å². The smallest absolute Gasteiger partial charge is 0.303 e. The normalized spacial score (nSPS) is 23.5. The molecule has 0 saturated heterocycles. The number of rotatable bonds is 9. The van der Waals surface area contributed by atoms with Crippen LogP contribution in [0.15, 0.2) is 41.3 Å². The number of allylic oxidation sites excluding steroid dienone is 2. The highest BCUT2D eigenvalue weighted by atomic mass is 32.2. The maximum absolute atomic E-state index is 14.2. The van der Waals surface area contributed by atoms with E-state index in [2.05, 4.69) is 4.72 Å². The number of aliphatic carboxylic acids is 1. The number of carboxylic acids is 1. The van der Waals surface area contributed by atoms with Crippen molar-refractivity contribution in [2.45, 2.75) is 55.6 Å². The Kier molecular flexibility index (Phi) is 7.28. The fraction of sp³-hybridized carbons (Fsp3) is 0.500. The number of hydrogen-bond acceptors (Lipinski definition) is 3. The number of unbranched alkanes of at least 4 members (excludes halogenated alkanes) is 1. The number of benzene rings is 1. The molecule has 0 amide bonds. The van der Waals surface area contributed by atoms with Gasteiger partial charge in [-0.05, 0) is 56.4 Å². The van der Waals surface area contributed by atoms with Gasteiger partial charge in [-0.2, -0.15) is 0 Å². The molecule has 0 aliphatic heterocycles. The average Bonchev–Trinajstić information content (AvgIpc) is 2.90. The first-order valence-electron chi connectivity index (χ1n) is 8.58. The van der Waals surface area contributed by atoms with Gasteiger partial charge < -0.3 is 5.11 Å². The minimum absolute atomic E-state index is 0.0517. The lowest BCUT2D eigenvalue weighted by molar-refractivity contribution is -0.137. The van der Waals surface area contributed by atoms with Crippen LogP contribution >= 0.6 is 0 Å². The Morgan fingerprint density at radius 2 is 1.92 bits per heavy atom. The Bertz CT molecular complexity index is 734. The number of alkyl halides is 1. The van der Waals surface area contributed by atoms with E-state index in [1.165, 1.54) is 12.1 Å². The van der Waals surface area contributed by atoms with Crippen LogP contribution in [0, 0.1) is 11.7 Å². The van der Waals surface area contributed by atoms with E-state index in [-0.39, 0.29) is 17.7 Å². The van der Waals surface area contributed by atoms with Crippen molar-refractivity contribution >= 4 is 16.0 Å². The van der Waals surface area contributed by atoms with Gasteiger partial charge in [0.2, 0.25) is 10.0 Å². The van der Waals surface area contributed by atoms with Crippen molar-refractivity contribution in [1.29, 1.82) is 0 Å². The van der Waals surface area contributed by atoms with Crippen LogP contribution in [0.2, 0.25) is 0 Å². The summed E-state index contributed by atoms with van der Waals surface area (Å²) >= 11 is 0. The molecular weight excluding hydrogens is 364 g/mol. The van der Waals surface area contributed by atoms with Crippen LogP contribution < -0.4 is 4.72 Å². The average molecular weight is 387 g/mol. The van der Waals surface area contributed by atoms with Crippen LogP contribution in [0.25, 0.3) is 0 Å². The maximum Gasteiger partial charge on any atom is 0.303 e. The number of nitrogens with one attached hydrogen (secondary N) is 1. The summed E-state index contributed by atoms with van der Waals surface area (Å²) in [5, 5.41) is 8.57. The van der Waals surface area contributed by atoms with Gasteiger partial charge in [0.1, 0.15) is 12.0 Å². The highest BCUT2D eigenvalue weighted by Crippen LogP contribution is 2.33. The summed E-state index contributed by atoms with van der Waals surface area (Å²) in [6.07, 6.45) is 4.73. The molecule has 3 atom stereocenters. The molecule has 1 fully saturated rings. The van der Waals surface area contributed by atoms with E-state index in [1.807, 2.05) is 0 Å². The molecule has 0 heterocycles. The van der Waals surface area contributed by atoms with Gasteiger partial charge in [-0.25, -0.2) is 21.9 Å².